The summed E-state index contributed by atoms with van der Waals surface area (Å²) in [5, 5.41) is 10.0. The monoisotopic (exact) mass is 746 g/mol. The summed E-state index contributed by atoms with van der Waals surface area (Å²) in [5.41, 5.74) is 14.0. The van der Waals surface area contributed by atoms with Crippen molar-refractivity contribution in [1.29, 1.82) is 0 Å². The Hall–Kier alpha value is -7.21. The Morgan fingerprint density at radius 3 is 1.67 bits per heavy atom. The van der Waals surface area contributed by atoms with Crippen molar-refractivity contribution in [2.45, 2.75) is 6.29 Å². The Bertz CT molecular complexity index is 3370. The van der Waals surface area contributed by atoms with Gasteiger partial charge < -0.3 is 14.5 Å². The highest BCUT2D eigenvalue weighted by Gasteiger charge is 2.28. The van der Waals surface area contributed by atoms with E-state index in [0.717, 1.165) is 33.7 Å². The molecule has 11 aromatic rings. The third kappa shape index (κ3) is 5.03. The number of benzene rings is 8. The van der Waals surface area contributed by atoms with E-state index < -0.39 is 0 Å². The Morgan fingerprint density at radius 1 is 0.421 bits per heavy atom. The van der Waals surface area contributed by atoms with Crippen LogP contribution in [0.15, 0.2) is 199 Å². The molecule has 0 aliphatic carbocycles. The molecular formula is C52H34N4S. The summed E-state index contributed by atoms with van der Waals surface area (Å²) < 4.78 is 6.03. The van der Waals surface area contributed by atoms with Crippen LogP contribution in [-0.2, 0) is 0 Å². The van der Waals surface area contributed by atoms with Crippen molar-refractivity contribution in [2.24, 2.45) is 4.99 Å². The van der Waals surface area contributed by atoms with Crippen molar-refractivity contribution in [1.82, 2.24) is 9.13 Å². The fourth-order valence-corrected chi connectivity index (χ4v) is 10.1. The maximum atomic E-state index is 5.50. The summed E-state index contributed by atoms with van der Waals surface area (Å²) in [6.45, 7) is 0. The number of para-hydroxylation sites is 2. The SMILES string of the molecule is c1ccc(C2=NC(n3c4ccccc4c4cc(-c5ccc6c(c5)c5ccccc5n6-c5ccc(-c6ccccc6)cc5)ccc43)Nc3c2sc2ccccc32)cc1. The molecule has 5 heteroatoms. The molecule has 1 aliphatic heterocycles. The maximum absolute atomic E-state index is 5.50. The third-order valence-electron chi connectivity index (χ3n) is 11.6. The van der Waals surface area contributed by atoms with Crippen LogP contribution in [0.2, 0.25) is 0 Å². The minimum absolute atomic E-state index is 0.330. The van der Waals surface area contributed by atoms with E-state index >= 15 is 0 Å². The number of thiophene rings is 1. The van der Waals surface area contributed by atoms with E-state index in [-0.39, 0.29) is 6.29 Å². The Labute approximate surface area is 333 Å². The number of nitrogens with one attached hydrogen (secondary N) is 1. The van der Waals surface area contributed by atoms with Gasteiger partial charge in [-0.15, -0.1) is 11.3 Å². The molecule has 4 heterocycles. The molecule has 0 radical (unpaired) electrons. The van der Waals surface area contributed by atoms with Crippen LogP contribution in [0, 0.1) is 0 Å². The summed E-state index contributed by atoms with van der Waals surface area (Å²) in [6.07, 6.45) is -0.330. The van der Waals surface area contributed by atoms with Gasteiger partial charge in [0, 0.05) is 42.9 Å². The third-order valence-corrected chi connectivity index (χ3v) is 12.8. The summed E-state index contributed by atoms with van der Waals surface area (Å²) in [5.74, 6) is 0. The van der Waals surface area contributed by atoms with Crippen molar-refractivity contribution in [3.05, 3.63) is 205 Å². The average Bonchev–Trinajstić information content (AvgIpc) is 3.94. The van der Waals surface area contributed by atoms with Gasteiger partial charge in [0.2, 0.25) is 6.29 Å². The first kappa shape index (κ1) is 32.1. The van der Waals surface area contributed by atoms with Gasteiger partial charge in [-0.25, -0.2) is 4.99 Å². The van der Waals surface area contributed by atoms with Gasteiger partial charge in [0.1, 0.15) is 0 Å². The molecule has 12 rings (SSSR count). The second-order valence-electron chi connectivity index (χ2n) is 14.8. The molecular weight excluding hydrogens is 713 g/mol. The van der Waals surface area contributed by atoms with Crippen molar-refractivity contribution in [3.63, 3.8) is 0 Å². The second kappa shape index (κ2) is 12.7. The molecule has 1 N–H and O–H groups in total. The van der Waals surface area contributed by atoms with Gasteiger partial charge >= 0.3 is 0 Å². The van der Waals surface area contributed by atoms with Gasteiger partial charge in [-0.1, -0.05) is 140 Å². The number of fused-ring (bicyclic) bond motifs is 9. The molecule has 0 saturated heterocycles. The van der Waals surface area contributed by atoms with Crippen molar-refractivity contribution in [2.75, 3.05) is 5.32 Å². The van der Waals surface area contributed by atoms with Gasteiger partial charge in [-0.05, 0) is 76.9 Å². The van der Waals surface area contributed by atoms with Crippen LogP contribution in [0.1, 0.15) is 16.7 Å². The first-order valence-electron chi connectivity index (χ1n) is 19.4. The summed E-state index contributed by atoms with van der Waals surface area (Å²) in [4.78, 5) is 6.68. The quantitative estimate of drug-likeness (QED) is 0.187. The lowest BCUT2D eigenvalue weighted by atomic mass is 10.0. The van der Waals surface area contributed by atoms with E-state index in [9.17, 15) is 0 Å². The van der Waals surface area contributed by atoms with E-state index in [4.69, 9.17) is 4.99 Å². The highest BCUT2D eigenvalue weighted by molar-refractivity contribution is 7.22. The number of hydrogen-bond acceptors (Lipinski definition) is 3. The maximum Gasteiger partial charge on any atom is 0.201 e. The molecule has 0 saturated carbocycles. The molecule has 0 amide bonds. The molecule has 1 atom stereocenters. The van der Waals surface area contributed by atoms with Crippen molar-refractivity contribution in [3.8, 4) is 27.9 Å². The van der Waals surface area contributed by atoms with E-state index in [1.165, 1.54) is 69.8 Å². The molecule has 1 unspecified atom stereocenters. The molecule has 4 nitrogen and oxygen atoms in total. The number of hydrogen-bond donors (Lipinski definition) is 1. The fraction of sp³-hybridized carbons (Fsp3) is 0.0192. The minimum atomic E-state index is -0.330. The van der Waals surface area contributed by atoms with Crippen LogP contribution in [0.3, 0.4) is 0 Å². The van der Waals surface area contributed by atoms with Gasteiger partial charge in [0.25, 0.3) is 0 Å². The molecule has 0 bridgehead atoms. The molecule has 3 aromatic heterocycles. The number of aliphatic imine (C=N–C) groups is 1. The van der Waals surface area contributed by atoms with E-state index in [1.807, 2.05) is 0 Å². The lowest BCUT2D eigenvalue weighted by Gasteiger charge is -2.26. The zero-order valence-corrected chi connectivity index (χ0v) is 31.6. The predicted octanol–water partition coefficient (Wildman–Crippen LogP) is 13.9. The number of rotatable bonds is 5. The van der Waals surface area contributed by atoms with Crippen LogP contribution >= 0.6 is 11.3 Å². The number of anilines is 1. The van der Waals surface area contributed by atoms with Crippen LogP contribution in [0.25, 0.3) is 81.6 Å². The van der Waals surface area contributed by atoms with Crippen LogP contribution in [-0.4, -0.2) is 14.8 Å². The molecule has 0 fully saturated rings. The second-order valence-corrected chi connectivity index (χ2v) is 15.8. The highest BCUT2D eigenvalue weighted by atomic mass is 32.1. The molecule has 0 spiro atoms. The van der Waals surface area contributed by atoms with Gasteiger partial charge in [0.15, 0.2) is 0 Å². The fourth-order valence-electron chi connectivity index (χ4n) is 8.93. The van der Waals surface area contributed by atoms with Crippen LogP contribution in [0.5, 0.6) is 0 Å². The van der Waals surface area contributed by atoms with E-state index in [0.29, 0.717) is 0 Å². The molecule has 268 valence electrons. The molecule has 8 aromatic carbocycles. The lowest BCUT2D eigenvalue weighted by Crippen LogP contribution is -2.23. The standard InChI is InChI=1S/C52H34N4S/c1-3-13-33(14-4-1)34-23-27-38(28-24-34)55-44-20-10-7-17-39(44)42-31-36(25-29-46(42)55)37-26-30-47-43(32-37)40-18-8-11-21-45(40)56(47)52-53-49(35-15-5-2-6-16-35)51-50(54-52)41-19-9-12-22-48(41)57-51/h1-32,52,54H. The van der Waals surface area contributed by atoms with Crippen molar-refractivity contribution < 1.29 is 0 Å². The lowest BCUT2D eigenvalue weighted by molar-refractivity contribution is 0.626. The van der Waals surface area contributed by atoms with E-state index in [2.05, 4.69) is 209 Å². The number of nitrogens with zero attached hydrogens (tertiary/aromatic N) is 3. The average molecular weight is 747 g/mol. The normalized spacial score (nSPS) is 14.0. The molecule has 57 heavy (non-hydrogen) atoms. The number of aromatic nitrogens is 2. The van der Waals surface area contributed by atoms with Crippen LogP contribution in [0.4, 0.5) is 5.69 Å². The Morgan fingerprint density at radius 2 is 0.930 bits per heavy atom. The van der Waals surface area contributed by atoms with Crippen LogP contribution < -0.4 is 5.32 Å². The first-order valence-corrected chi connectivity index (χ1v) is 20.2. The van der Waals surface area contributed by atoms with Crippen molar-refractivity contribution >= 4 is 76.4 Å². The molecule has 1 aliphatic rings. The first-order chi connectivity index (χ1) is 28.3. The Balaban J connectivity index is 0.992. The van der Waals surface area contributed by atoms with Gasteiger partial charge in [-0.2, -0.15) is 0 Å². The topological polar surface area (TPSA) is 34.2 Å². The highest BCUT2D eigenvalue weighted by Crippen LogP contribution is 2.44. The minimum Gasteiger partial charge on any atom is -0.345 e. The zero-order chi connectivity index (χ0) is 37.5. The summed E-state index contributed by atoms with van der Waals surface area (Å²) >= 11 is 1.81. The predicted molar refractivity (Wildman–Crippen MR) is 241 cm³/mol. The van der Waals surface area contributed by atoms with E-state index in [1.54, 1.807) is 11.3 Å². The summed E-state index contributed by atoms with van der Waals surface area (Å²) in [6, 6.07) is 70.1. The largest absolute Gasteiger partial charge is 0.345 e. The smallest absolute Gasteiger partial charge is 0.201 e. The summed E-state index contributed by atoms with van der Waals surface area (Å²) in [7, 11) is 0. The van der Waals surface area contributed by atoms with Gasteiger partial charge in [-0.3, -0.25) is 0 Å². The van der Waals surface area contributed by atoms with Gasteiger partial charge in [0.05, 0.1) is 38.3 Å². The zero-order valence-electron chi connectivity index (χ0n) is 30.8. The Kier molecular flexibility index (Phi) is 7.13.